The molecule has 2 heterocycles. The van der Waals surface area contributed by atoms with Gasteiger partial charge >= 0.3 is 0 Å². The monoisotopic (exact) mass is 320 g/mol. The number of carbonyl (C=O) groups is 2. The summed E-state index contributed by atoms with van der Waals surface area (Å²) >= 11 is 0. The lowest BCUT2D eigenvalue weighted by Crippen LogP contribution is -2.68. The second kappa shape index (κ2) is 5.48. The minimum absolute atomic E-state index is 0.0528. The van der Waals surface area contributed by atoms with Crippen molar-refractivity contribution in [3.05, 3.63) is 59.7 Å². The summed E-state index contributed by atoms with van der Waals surface area (Å²) in [6.07, 6.45) is 1.41. The van der Waals surface area contributed by atoms with Crippen LogP contribution in [-0.2, 0) is 4.79 Å². The van der Waals surface area contributed by atoms with Crippen molar-refractivity contribution in [2.24, 2.45) is 0 Å². The van der Waals surface area contributed by atoms with Crippen molar-refractivity contribution in [2.75, 3.05) is 13.1 Å². The van der Waals surface area contributed by atoms with E-state index >= 15 is 0 Å². The van der Waals surface area contributed by atoms with E-state index in [0.29, 0.717) is 19.5 Å². The summed E-state index contributed by atoms with van der Waals surface area (Å²) in [4.78, 5) is 26.1. The summed E-state index contributed by atoms with van der Waals surface area (Å²) in [6, 6.07) is 16.1. The molecule has 2 aromatic rings. The molecule has 4 rings (SSSR count). The second-order valence-electron chi connectivity index (χ2n) is 6.89. The third-order valence-electron chi connectivity index (χ3n) is 5.08. The van der Waals surface area contributed by atoms with Crippen molar-refractivity contribution in [1.82, 2.24) is 10.2 Å². The summed E-state index contributed by atoms with van der Waals surface area (Å²) < 4.78 is 0. The molecule has 24 heavy (non-hydrogen) atoms. The maximum Gasteiger partial charge on any atom is 0.254 e. The standard InChI is InChI=1S/C20H20N2O2/c1-14-7-8-16(15-5-3-2-4-6-15)11-17(14)19(24)22-12-20(13-22)10-9-18(23)21-20/h2-8,11H,9-10,12-13H2,1H3,(H,21,23). The number of nitrogens with one attached hydrogen (secondary N) is 1. The van der Waals surface area contributed by atoms with Gasteiger partial charge in [0, 0.05) is 25.1 Å². The van der Waals surface area contributed by atoms with Crippen LogP contribution in [0, 0.1) is 6.92 Å². The Labute approximate surface area is 141 Å². The summed E-state index contributed by atoms with van der Waals surface area (Å²) in [5.41, 5.74) is 3.72. The number of amides is 2. The Bertz CT molecular complexity index is 808. The zero-order valence-electron chi connectivity index (χ0n) is 13.7. The molecule has 0 aliphatic carbocycles. The van der Waals surface area contributed by atoms with Gasteiger partial charge in [0.25, 0.3) is 5.91 Å². The normalized spacial score (nSPS) is 18.4. The lowest BCUT2D eigenvalue weighted by molar-refractivity contribution is -0.120. The van der Waals surface area contributed by atoms with Gasteiger partial charge in [-0.05, 0) is 36.1 Å². The Morgan fingerprint density at radius 1 is 1.08 bits per heavy atom. The average Bonchev–Trinajstić information content (AvgIpc) is 2.96. The van der Waals surface area contributed by atoms with Crippen LogP contribution in [0.25, 0.3) is 11.1 Å². The third kappa shape index (κ3) is 2.48. The Kier molecular flexibility index (Phi) is 3.41. The molecule has 2 amide bonds. The van der Waals surface area contributed by atoms with Crippen LogP contribution in [0.4, 0.5) is 0 Å². The number of aryl methyl sites for hydroxylation is 1. The molecular formula is C20H20N2O2. The lowest BCUT2D eigenvalue weighted by Gasteiger charge is -2.47. The summed E-state index contributed by atoms with van der Waals surface area (Å²) in [5, 5.41) is 3.02. The Morgan fingerprint density at radius 3 is 2.50 bits per heavy atom. The minimum Gasteiger partial charge on any atom is -0.347 e. The molecular weight excluding hydrogens is 300 g/mol. The molecule has 122 valence electrons. The van der Waals surface area contributed by atoms with E-state index < -0.39 is 0 Å². The minimum atomic E-state index is -0.169. The van der Waals surface area contributed by atoms with Crippen LogP contribution < -0.4 is 5.32 Å². The highest BCUT2D eigenvalue weighted by atomic mass is 16.2. The molecule has 2 fully saturated rings. The Balaban J connectivity index is 1.56. The fourth-order valence-electron chi connectivity index (χ4n) is 3.67. The molecule has 0 unspecified atom stereocenters. The fourth-order valence-corrected chi connectivity index (χ4v) is 3.67. The van der Waals surface area contributed by atoms with Gasteiger partial charge in [0.05, 0.1) is 5.54 Å². The first-order valence-corrected chi connectivity index (χ1v) is 8.33. The van der Waals surface area contributed by atoms with Crippen LogP contribution in [0.15, 0.2) is 48.5 Å². The summed E-state index contributed by atoms with van der Waals surface area (Å²) in [6.45, 7) is 3.20. The maximum atomic E-state index is 12.9. The molecule has 4 heteroatoms. The smallest absolute Gasteiger partial charge is 0.254 e. The third-order valence-corrected chi connectivity index (χ3v) is 5.08. The number of likely N-dealkylation sites (tertiary alicyclic amines) is 1. The van der Waals surface area contributed by atoms with Crippen LogP contribution in [0.3, 0.4) is 0 Å². The number of nitrogens with zero attached hydrogens (tertiary/aromatic N) is 1. The number of hydrogen-bond acceptors (Lipinski definition) is 2. The highest BCUT2D eigenvalue weighted by Crippen LogP contribution is 2.32. The van der Waals surface area contributed by atoms with E-state index in [4.69, 9.17) is 0 Å². The van der Waals surface area contributed by atoms with Gasteiger partial charge in [0.1, 0.15) is 0 Å². The summed E-state index contributed by atoms with van der Waals surface area (Å²) in [7, 11) is 0. The molecule has 4 nitrogen and oxygen atoms in total. The van der Waals surface area contributed by atoms with Gasteiger partial charge in [0.2, 0.25) is 5.91 Å². The molecule has 0 bridgehead atoms. The van der Waals surface area contributed by atoms with Gasteiger partial charge in [-0.25, -0.2) is 0 Å². The first-order valence-electron chi connectivity index (χ1n) is 8.33. The predicted molar refractivity (Wildman–Crippen MR) is 92.6 cm³/mol. The largest absolute Gasteiger partial charge is 0.347 e. The molecule has 2 aromatic carbocycles. The van der Waals surface area contributed by atoms with E-state index in [1.54, 1.807) is 0 Å². The van der Waals surface area contributed by atoms with E-state index in [1.807, 2.05) is 54.3 Å². The summed E-state index contributed by atoms with van der Waals surface area (Å²) in [5.74, 6) is 0.154. The highest BCUT2D eigenvalue weighted by Gasteiger charge is 2.49. The fraction of sp³-hybridized carbons (Fsp3) is 0.300. The zero-order chi connectivity index (χ0) is 16.7. The van der Waals surface area contributed by atoms with Gasteiger partial charge in [-0.15, -0.1) is 0 Å². The lowest BCUT2D eigenvalue weighted by atomic mass is 9.87. The molecule has 1 spiro atoms. The Morgan fingerprint density at radius 2 is 1.83 bits per heavy atom. The quantitative estimate of drug-likeness (QED) is 0.925. The number of hydrogen-bond donors (Lipinski definition) is 1. The van der Waals surface area contributed by atoms with Crippen molar-refractivity contribution in [3.63, 3.8) is 0 Å². The molecule has 2 aliphatic rings. The molecule has 0 aromatic heterocycles. The predicted octanol–water partition coefficient (Wildman–Crippen LogP) is 2.77. The first kappa shape index (κ1) is 14.9. The zero-order valence-corrected chi connectivity index (χ0v) is 13.7. The van der Waals surface area contributed by atoms with Crippen LogP contribution in [0.5, 0.6) is 0 Å². The van der Waals surface area contributed by atoms with E-state index in [9.17, 15) is 9.59 Å². The molecule has 0 saturated carbocycles. The molecule has 1 N–H and O–H groups in total. The Hall–Kier alpha value is -2.62. The van der Waals surface area contributed by atoms with Gasteiger partial charge in [-0.1, -0.05) is 42.5 Å². The van der Waals surface area contributed by atoms with E-state index in [1.165, 1.54) is 0 Å². The van der Waals surface area contributed by atoms with Crippen molar-refractivity contribution in [3.8, 4) is 11.1 Å². The van der Waals surface area contributed by atoms with Crippen LogP contribution in [0.1, 0.15) is 28.8 Å². The SMILES string of the molecule is Cc1ccc(-c2ccccc2)cc1C(=O)N1CC2(CCC(=O)N2)C1. The van der Waals surface area contributed by atoms with Crippen LogP contribution in [-0.4, -0.2) is 35.3 Å². The second-order valence-corrected chi connectivity index (χ2v) is 6.89. The molecule has 2 aliphatic heterocycles. The van der Waals surface area contributed by atoms with E-state index in [-0.39, 0.29) is 17.4 Å². The van der Waals surface area contributed by atoms with Crippen molar-refractivity contribution >= 4 is 11.8 Å². The first-order chi connectivity index (χ1) is 11.6. The van der Waals surface area contributed by atoms with E-state index in [2.05, 4.69) is 11.4 Å². The maximum absolute atomic E-state index is 12.9. The number of rotatable bonds is 2. The van der Waals surface area contributed by atoms with Crippen molar-refractivity contribution in [2.45, 2.75) is 25.3 Å². The van der Waals surface area contributed by atoms with Gasteiger partial charge in [-0.3, -0.25) is 9.59 Å². The molecule has 0 atom stereocenters. The highest BCUT2D eigenvalue weighted by molar-refractivity contribution is 5.98. The van der Waals surface area contributed by atoms with Crippen LogP contribution >= 0.6 is 0 Å². The van der Waals surface area contributed by atoms with Gasteiger partial charge in [0.15, 0.2) is 0 Å². The number of benzene rings is 2. The molecule has 0 radical (unpaired) electrons. The van der Waals surface area contributed by atoms with Crippen LogP contribution in [0.2, 0.25) is 0 Å². The van der Waals surface area contributed by atoms with Crippen molar-refractivity contribution < 1.29 is 9.59 Å². The van der Waals surface area contributed by atoms with Gasteiger partial charge < -0.3 is 10.2 Å². The molecule has 2 saturated heterocycles. The topological polar surface area (TPSA) is 49.4 Å². The van der Waals surface area contributed by atoms with E-state index in [0.717, 1.165) is 28.7 Å². The van der Waals surface area contributed by atoms with Gasteiger partial charge in [-0.2, -0.15) is 0 Å². The van der Waals surface area contributed by atoms with Crippen molar-refractivity contribution in [1.29, 1.82) is 0 Å². The average molecular weight is 320 g/mol. The number of carbonyl (C=O) groups excluding carboxylic acids is 2.